The fourth-order valence-corrected chi connectivity index (χ4v) is 5.51. The molecule has 0 unspecified atom stereocenters. The van der Waals surface area contributed by atoms with E-state index in [1.807, 2.05) is 48.5 Å². The number of ether oxygens (including phenoxy) is 2. The van der Waals surface area contributed by atoms with Gasteiger partial charge in [-0.15, -0.1) is 0 Å². The number of esters is 1. The standard InChI is InChI=1S/C28H23BrN2O5S/c1-4-35-27(33)24-16(2)30-28-31(25(24)18-7-11-20(34-3)12-8-18)26(32)23(37-28)15-21-13-14-22(36-21)17-5-9-19(29)10-6-17/h5-15,25H,4H2,1-3H3/b23-15-/t25-/m1/s1. The van der Waals surface area contributed by atoms with Gasteiger partial charge in [0.1, 0.15) is 17.3 Å². The van der Waals surface area contributed by atoms with E-state index in [1.54, 1.807) is 43.7 Å². The van der Waals surface area contributed by atoms with Crippen molar-refractivity contribution >= 4 is 39.3 Å². The van der Waals surface area contributed by atoms with E-state index in [1.165, 1.54) is 11.3 Å². The topological polar surface area (TPSA) is 83.0 Å². The van der Waals surface area contributed by atoms with Crippen LogP contribution in [0.1, 0.15) is 31.2 Å². The first-order valence-electron chi connectivity index (χ1n) is 11.6. The van der Waals surface area contributed by atoms with Gasteiger partial charge in [0, 0.05) is 16.1 Å². The zero-order valence-corrected chi connectivity index (χ0v) is 22.8. The molecule has 0 fully saturated rings. The van der Waals surface area contributed by atoms with Crippen LogP contribution in [0, 0.1) is 0 Å². The quantitative estimate of drug-likeness (QED) is 0.306. The Balaban J connectivity index is 1.62. The number of aromatic nitrogens is 1. The molecule has 4 aromatic rings. The molecule has 1 aliphatic heterocycles. The first kappa shape index (κ1) is 25.0. The Morgan fingerprint density at radius 1 is 1.14 bits per heavy atom. The number of carbonyl (C=O) groups excluding carboxylic acids is 1. The van der Waals surface area contributed by atoms with Crippen molar-refractivity contribution in [2.24, 2.45) is 4.99 Å². The van der Waals surface area contributed by atoms with Crippen LogP contribution < -0.4 is 19.6 Å². The number of hydrogen-bond donors (Lipinski definition) is 0. The summed E-state index contributed by atoms with van der Waals surface area (Å²) in [6.07, 6.45) is 1.71. The molecule has 7 nitrogen and oxygen atoms in total. The second-order valence-electron chi connectivity index (χ2n) is 8.28. The summed E-state index contributed by atoms with van der Waals surface area (Å²) in [7, 11) is 1.59. The summed E-state index contributed by atoms with van der Waals surface area (Å²) in [6.45, 7) is 3.72. The molecule has 0 saturated heterocycles. The Bertz CT molecular complexity index is 1680. The molecule has 9 heteroatoms. The number of furan rings is 1. The van der Waals surface area contributed by atoms with E-state index in [0.29, 0.717) is 37.9 Å². The van der Waals surface area contributed by atoms with Gasteiger partial charge in [-0.05, 0) is 55.8 Å². The van der Waals surface area contributed by atoms with Crippen molar-refractivity contribution in [3.63, 3.8) is 0 Å². The summed E-state index contributed by atoms with van der Waals surface area (Å²) in [5, 5.41) is 0. The number of methoxy groups -OCH3 is 1. The number of thiazole rings is 1. The van der Waals surface area contributed by atoms with Crippen LogP contribution in [-0.2, 0) is 9.53 Å². The molecule has 1 atom stereocenters. The van der Waals surface area contributed by atoms with Crippen molar-refractivity contribution in [3.05, 3.63) is 107 Å². The first-order valence-corrected chi connectivity index (χ1v) is 13.2. The van der Waals surface area contributed by atoms with Gasteiger partial charge < -0.3 is 13.9 Å². The molecule has 1 aliphatic rings. The maximum atomic E-state index is 13.7. The second-order valence-corrected chi connectivity index (χ2v) is 10.2. The molecule has 0 aliphatic carbocycles. The van der Waals surface area contributed by atoms with Crippen molar-refractivity contribution < 1.29 is 18.7 Å². The molecule has 0 N–H and O–H groups in total. The van der Waals surface area contributed by atoms with E-state index in [0.717, 1.165) is 15.6 Å². The Morgan fingerprint density at radius 2 is 1.86 bits per heavy atom. The maximum absolute atomic E-state index is 13.7. The summed E-state index contributed by atoms with van der Waals surface area (Å²) in [4.78, 5) is 31.8. The normalized spacial score (nSPS) is 15.4. The van der Waals surface area contributed by atoms with Gasteiger partial charge in [0.2, 0.25) is 0 Å². The van der Waals surface area contributed by atoms with Gasteiger partial charge in [-0.1, -0.05) is 51.5 Å². The molecule has 2 aromatic heterocycles. The highest BCUT2D eigenvalue weighted by atomic mass is 79.9. The molecule has 188 valence electrons. The second kappa shape index (κ2) is 10.4. The van der Waals surface area contributed by atoms with Crippen LogP contribution in [-0.4, -0.2) is 24.3 Å². The summed E-state index contributed by atoms with van der Waals surface area (Å²) < 4.78 is 19.6. The molecule has 0 spiro atoms. The van der Waals surface area contributed by atoms with Gasteiger partial charge in [0.05, 0.1) is 35.6 Å². The van der Waals surface area contributed by atoms with Crippen LogP contribution in [0.25, 0.3) is 17.4 Å². The smallest absolute Gasteiger partial charge is 0.338 e. The number of benzene rings is 2. The van der Waals surface area contributed by atoms with Gasteiger partial charge in [-0.25, -0.2) is 9.79 Å². The molecular weight excluding hydrogens is 556 g/mol. The third-order valence-corrected chi connectivity index (χ3v) is 7.49. The summed E-state index contributed by atoms with van der Waals surface area (Å²) in [6, 6.07) is 18.1. The largest absolute Gasteiger partial charge is 0.497 e. The predicted octanol–water partition coefficient (Wildman–Crippen LogP) is 4.83. The van der Waals surface area contributed by atoms with Crippen LogP contribution in [0.4, 0.5) is 0 Å². The number of halogens is 1. The fourth-order valence-electron chi connectivity index (χ4n) is 4.22. The minimum absolute atomic E-state index is 0.217. The average Bonchev–Trinajstić information content (AvgIpc) is 3.48. The highest BCUT2D eigenvalue weighted by molar-refractivity contribution is 9.10. The molecule has 0 radical (unpaired) electrons. The van der Waals surface area contributed by atoms with Gasteiger partial charge in [0.25, 0.3) is 5.56 Å². The maximum Gasteiger partial charge on any atom is 0.338 e. The molecule has 5 rings (SSSR count). The number of carbonyl (C=O) groups is 1. The Labute approximate surface area is 225 Å². The van der Waals surface area contributed by atoms with Gasteiger partial charge in [-0.2, -0.15) is 0 Å². The molecule has 0 bridgehead atoms. The summed E-state index contributed by atoms with van der Waals surface area (Å²) >= 11 is 4.69. The lowest BCUT2D eigenvalue weighted by atomic mass is 9.96. The minimum atomic E-state index is -0.682. The monoisotopic (exact) mass is 578 g/mol. The number of hydrogen-bond acceptors (Lipinski definition) is 7. The number of fused-ring (bicyclic) bond motifs is 1. The minimum Gasteiger partial charge on any atom is -0.497 e. The Hall–Kier alpha value is -3.69. The van der Waals surface area contributed by atoms with E-state index < -0.39 is 12.0 Å². The van der Waals surface area contributed by atoms with E-state index >= 15 is 0 Å². The third-order valence-electron chi connectivity index (χ3n) is 5.98. The highest BCUT2D eigenvalue weighted by Crippen LogP contribution is 2.31. The molecule has 0 amide bonds. The van der Waals surface area contributed by atoms with E-state index in [9.17, 15) is 9.59 Å². The van der Waals surface area contributed by atoms with Crippen molar-refractivity contribution in [1.82, 2.24) is 4.57 Å². The van der Waals surface area contributed by atoms with E-state index in [4.69, 9.17) is 13.9 Å². The molecule has 37 heavy (non-hydrogen) atoms. The molecule has 0 saturated carbocycles. The van der Waals surface area contributed by atoms with Crippen molar-refractivity contribution in [3.8, 4) is 17.1 Å². The zero-order valence-electron chi connectivity index (χ0n) is 20.4. The first-order chi connectivity index (χ1) is 17.9. The van der Waals surface area contributed by atoms with Crippen LogP contribution in [0.3, 0.4) is 0 Å². The van der Waals surface area contributed by atoms with Crippen LogP contribution in [0.2, 0.25) is 0 Å². The van der Waals surface area contributed by atoms with E-state index in [2.05, 4.69) is 20.9 Å². The van der Waals surface area contributed by atoms with Crippen molar-refractivity contribution in [2.45, 2.75) is 19.9 Å². The lowest BCUT2D eigenvalue weighted by Gasteiger charge is -2.24. The Morgan fingerprint density at radius 3 is 2.54 bits per heavy atom. The number of nitrogens with zero attached hydrogens (tertiary/aromatic N) is 2. The fraction of sp³-hybridized carbons (Fsp3) is 0.179. The van der Waals surface area contributed by atoms with Crippen LogP contribution in [0.15, 0.2) is 90.6 Å². The van der Waals surface area contributed by atoms with E-state index in [-0.39, 0.29) is 12.2 Å². The third kappa shape index (κ3) is 4.84. The molecule has 2 aromatic carbocycles. The highest BCUT2D eigenvalue weighted by Gasteiger charge is 2.33. The average molecular weight is 579 g/mol. The van der Waals surface area contributed by atoms with Crippen molar-refractivity contribution in [2.75, 3.05) is 13.7 Å². The van der Waals surface area contributed by atoms with Gasteiger partial charge in [0.15, 0.2) is 4.80 Å². The lowest BCUT2D eigenvalue weighted by molar-refractivity contribution is -0.139. The van der Waals surface area contributed by atoms with Gasteiger partial charge >= 0.3 is 5.97 Å². The molecule has 3 heterocycles. The van der Waals surface area contributed by atoms with Crippen molar-refractivity contribution in [1.29, 1.82) is 0 Å². The lowest BCUT2D eigenvalue weighted by Crippen LogP contribution is -2.39. The summed E-state index contributed by atoms with van der Waals surface area (Å²) in [5.41, 5.74) is 2.27. The zero-order chi connectivity index (χ0) is 26.1. The molecular formula is C28H23BrN2O5S. The summed E-state index contributed by atoms with van der Waals surface area (Å²) in [5.74, 6) is 1.42. The Kier molecular flexibility index (Phi) is 6.99. The number of allylic oxidation sites excluding steroid dienone is 1. The van der Waals surface area contributed by atoms with Gasteiger partial charge in [-0.3, -0.25) is 9.36 Å². The SMILES string of the molecule is CCOC(=O)C1=C(C)N=c2s/c(=C\c3ccc(-c4ccc(Br)cc4)o3)c(=O)n2[C@@H]1c1ccc(OC)cc1. The predicted molar refractivity (Wildman–Crippen MR) is 145 cm³/mol. The number of rotatable bonds is 6. The van der Waals surface area contributed by atoms with Crippen LogP contribution >= 0.6 is 27.3 Å². The van der Waals surface area contributed by atoms with Crippen LogP contribution in [0.5, 0.6) is 5.75 Å².